The largest absolute Gasteiger partial charge is 0.369 e. The third-order valence-electron chi connectivity index (χ3n) is 5.41. The molecule has 0 bridgehead atoms. The summed E-state index contributed by atoms with van der Waals surface area (Å²) >= 11 is 0. The highest BCUT2D eigenvalue weighted by Gasteiger charge is 2.51. The van der Waals surface area contributed by atoms with Crippen molar-refractivity contribution in [1.29, 1.82) is 0 Å². The number of aliphatic imine (C=N–C) groups is 1. The van der Waals surface area contributed by atoms with Crippen LogP contribution in [0.2, 0.25) is 0 Å². The van der Waals surface area contributed by atoms with Crippen LogP contribution in [0.15, 0.2) is 53.8 Å². The summed E-state index contributed by atoms with van der Waals surface area (Å²) in [5, 5.41) is 0. The summed E-state index contributed by atoms with van der Waals surface area (Å²) in [6, 6.07) is 7.20. The molecule has 3 aromatic rings. The van der Waals surface area contributed by atoms with Crippen molar-refractivity contribution >= 4 is 11.9 Å². The van der Waals surface area contributed by atoms with E-state index in [2.05, 4.69) is 15.0 Å². The zero-order chi connectivity index (χ0) is 23.2. The number of hydrogen-bond donors (Lipinski definition) is 1. The smallest absolute Gasteiger partial charge is 0.280 e. The molecular weight excluding hydrogens is 426 g/mol. The molecule has 0 fully saturated rings. The lowest BCUT2D eigenvalue weighted by Crippen LogP contribution is -2.41. The highest BCUT2D eigenvalue weighted by atomic mass is 19.3. The number of alkyl halides is 2. The van der Waals surface area contributed by atoms with E-state index in [0.717, 1.165) is 23.2 Å². The molecule has 0 saturated carbocycles. The number of carbonyl (C=O) groups excluding carboxylic acids is 1. The van der Waals surface area contributed by atoms with E-state index in [-0.39, 0.29) is 22.6 Å². The van der Waals surface area contributed by atoms with Gasteiger partial charge in [0.25, 0.3) is 12.3 Å². The van der Waals surface area contributed by atoms with Gasteiger partial charge in [0, 0.05) is 47.9 Å². The quantitative estimate of drug-likeness (QED) is 0.624. The molecule has 10 heteroatoms. The molecule has 0 aliphatic carbocycles. The van der Waals surface area contributed by atoms with Gasteiger partial charge < -0.3 is 5.73 Å². The highest BCUT2D eigenvalue weighted by Crippen LogP contribution is 2.43. The minimum atomic E-state index is -2.94. The van der Waals surface area contributed by atoms with Crippen molar-refractivity contribution in [2.24, 2.45) is 10.7 Å². The second kappa shape index (κ2) is 7.70. The molecule has 1 aliphatic rings. The number of halogens is 4. The molecule has 2 N–H and O–H groups in total. The third kappa shape index (κ3) is 3.19. The van der Waals surface area contributed by atoms with Crippen molar-refractivity contribution in [2.75, 3.05) is 7.05 Å². The first kappa shape index (κ1) is 21.4. The first-order valence-corrected chi connectivity index (χ1v) is 9.46. The van der Waals surface area contributed by atoms with Gasteiger partial charge in [0.15, 0.2) is 11.5 Å². The van der Waals surface area contributed by atoms with Crippen molar-refractivity contribution in [3.8, 4) is 11.1 Å². The number of amides is 1. The first-order valence-electron chi connectivity index (χ1n) is 9.46. The number of likely N-dealkylation sites (N-methyl/N-ethyl adjacent to an activating group) is 1. The fraction of sp³-hybridized carbons (Fsp3) is 0.182. The van der Waals surface area contributed by atoms with Crippen LogP contribution in [0.3, 0.4) is 0 Å². The van der Waals surface area contributed by atoms with E-state index < -0.39 is 35.2 Å². The number of benzene rings is 1. The average molecular weight is 443 g/mol. The number of nitrogens with two attached hydrogens (primary N) is 1. The molecule has 32 heavy (non-hydrogen) atoms. The minimum absolute atomic E-state index is 0.0226. The Morgan fingerprint density at radius 3 is 2.41 bits per heavy atom. The Labute approximate surface area is 180 Å². The lowest BCUT2D eigenvalue weighted by Gasteiger charge is -2.27. The Hall–Kier alpha value is -3.82. The SMILES string of the molecule is Cc1ncccc1-c1cc(C2(c3ccnc(C(F)F)c3)N=C(N)N(C)C2=O)c(F)cc1F. The summed E-state index contributed by atoms with van der Waals surface area (Å²) in [4.78, 5) is 26.2. The lowest BCUT2D eigenvalue weighted by molar-refractivity contribution is -0.129. The highest BCUT2D eigenvalue weighted by molar-refractivity contribution is 6.09. The van der Waals surface area contributed by atoms with Crippen LogP contribution in [0.25, 0.3) is 11.1 Å². The number of nitrogens with zero attached hydrogens (tertiary/aromatic N) is 4. The van der Waals surface area contributed by atoms with Gasteiger partial charge in [-0.2, -0.15) is 0 Å². The lowest BCUT2D eigenvalue weighted by atomic mass is 9.81. The minimum Gasteiger partial charge on any atom is -0.369 e. The number of aromatic nitrogens is 2. The molecule has 1 aromatic carbocycles. The number of rotatable bonds is 4. The van der Waals surface area contributed by atoms with E-state index >= 15 is 4.39 Å². The summed E-state index contributed by atoms with van der Waals surface area (Å²) in [6.07, 6.45) is -0.343. The molecule has 0 saturated heterocycles. The van der Waals surface area contributed by atoms with Crippen LogP contribution in [-0.2, 0) is 10.3 Å². The zero-order valence-corrected chi connectivity index (χ0v) is 17.0. The van der Waals surface area contributed by atoms with Gasteiger partial charge in [-0.05, 0) is 36.8 Å². The van der Waals surface area contributed by atoms with Gasteiger partial charge in [0.05, 0.1) is 0 Å². The Bertz CT molecular complexity index is 1260. The molecule has 2 aromatic heterocycles. The van der Waals surface area contributed by atoms with Gasteiger partial charge in [-0.15, -0.1) is 0 Å². The monoisotopic (exact) mass is 443 g/mol. The molecule has 0 spiro atoms. The van der Waals surface area contributed by atoms with E-state index in [9.17, 15) is 18.0 Å². The summed E-state index contributed by atoms with van der Waals surface area (Å²) in [5.74, 6) is -2.98. The Kier molecular flexibility index (Phi) is 5.15. The molecule has 4 rings (SSSR count). The van der Waals surface area contributed by atoms with Gasteiger partial charge in [-0.3, -0.25) is 19.7 Å². The van der Waals surface area contributed by atoms with Crippen molar-refractivity contribution in [2.45, 2.75) is 18.9 Å². The predicted octanol–water partition coefficient (Wildman–Crippen LogP) is 3.70. The number of guanidine groups is 1. The topological polar surface area (TPSA) is 84.5 Å². The third-order valence-corrected chi connectivity index (χ3v) is 5.41. The summed E-state index contributed by atoms with van der Waals surface area (Å²) in [7, 11) is 1.33. The normalized spacial score (nSPS) is 18.4. The van der Waals surface area contributed by atoms with Crippen molar-refractivity contribution in [3.63, 3.8) is 0 Å². The zero-order valence-electron chi connectivity index (χ0n) is 17.0. The maximum atomic E-state index is 15.2. The number of aryl methyl sites for hydroxylation is 1. The van der Waals surface area contributed by atoms with Crippen LogP contribution in [-0.4, -0.2) is 33.8 Å². The maximum Gasteiger partial charge on any atom is 0.280 e. The Morgan fingerprint density at radius 2 is 1.78 bits per heavy atom. The van der Waals surface area contributed by atoms with Crippen molar-refractivity contribution in [3.05, 3.63) is 82.9 Å². The fourth-order valence-electron chi connectivity index (χ4n) is 3.75. The van der Waals surface area contributed by atoms with E-state index in [1.165, 1.54) is 19.3 Å². The van der Waals surface area contributed by atoms with Gasteiger partial charge in [0.2, 0.25) is 0 Å². The second-order valence-corrected chi connectivity index (χ2v) is 7.26. The van der Waals surface area contributed by atoms with Crippen LogP contribution in [0, 0.1) is 18.6 Å². The molecule has 1 atom stereocenters. The van der Waals surface area contributed by atoms with Crippen LogP contribution < -0.4 is 5.73 Å². The van der Waals surface area contributed by atoms with Gasteiger partial charge in [-0.25, -0.2) is 22.6 Å². The van der Waals surface area contributed by atoms with E-state index in [1.54, 1.807) is 19.1 Å². The van der Waals surface area contributed by atoms with E-state index in [4.69, 9.17) is 5.73 Å². The predicted molar refractivity (Wildman–Crippen MR) is 109 cm³/mol. The summed E-state index contributed by atoms with van der Waals surface area (Å²) in [5.41, 5.74) is 3.52. The van der Waals surface area contributed by atoms with Crippen LogP contribution in [0.1, 0.15) is 28.9 Å². The number of hydrogen-bond acceptors (Lipinski definition) is 5. The summed E-state index contributed by atoms with van der Waals surface area (Å²) in [6.45, 7) is 1.65. The maximum absolute atomic E-state index is 15.2. The van der Waals surface area contributed by atoms with Crippen LogP contribution in [0.4, 0.5) is 17.6 Å². The molecular formula is C22H17F4N5O. The van der Waals surface area contributed by atoms with E-state index in [1.807, 2.05) is 0 Å². The standard InChI is InChI=1S/C22H17F4N5O/c1-11-13(4-3-6-28-11)14-9-15(17(24)10-16(14)23)22(20(32)31(2)21(27)30-22)12-5-7-29-18(8-12)19(25)26/h3-10,19H,1-2H3,(H2,27,30). The van der Waals surface area contributed by atoms with Crippen LogP contribution >= 0.6 is 0 Å². The van der Waals surface area contributed by atoms with Crippen LogP contribution in [0.5, 0.6) is 0 Å². The van der Waals surface area contributed by atoms with Gasteiger partial charge in [0.1, 0.15) is 17.3 Å². The molecule has 1 aliphatic heterocycles. The fourth-order valence-corrected chi connectivity index (χ4v) is 3.75. The molecule has 1 unspecified atom stereocenters. The molecule has 0 radical (unpaired) electrons. The average Bonchev–Trinajstić information content (AvgIpc) is 2.99. The molecule has 164 valence electrons. The Morgan fingerprint density at radius 1 is 1.03 bits per heavy atom. The van der Waals surface area contributed by atoms with E-state index in [0.29, 0.717) is 17.3 Å². The molecule has 3 heterocycles. The van der Waals surface area contributed by atoms with Crippen molar-refractivity contribution in [1.82, 2.24) is 14.9 Å². The molecule has 6 nitrogen and oxygen atoms in total. The van der Waals surface area contributed by atoms with Gasteiger partial charge in [-0.1, -0.05) is 6.07 Å². The number of carbonyl (C=O) groups is 1. The summed E-state index contributed by atoms with van der Waals surface area (Å²) < 4.78 is 56.7. The van der Waals surface area contributed by atoms with Gasteiger partial charge >= 0.3 is 0 Å². The second-order valence-electron chi connectivity index (χ2n) is 7.26. The Balaban J connectivity index is 2.05. The van der Waals surface area contributed by atoms with Crippen molar-refractivity contribution < 1.29 is 22.4 Å². The first-order chi connectivity index (χ1) is 15.2. The molecule has 1 amide bonds. The number of pyridine rings is 2.